The van der Waals surface area contributed by atoms with Gasteiger partial charge in [-0.1, -0.05) is 0 Å². The van der Waals surface area contributed by atoms with Crippen LogP contribution in [0.4, 0.5) is 4.79 Å². The molecule has 1 saturated heterocycles. The Kier molecular flexibility index (Phi) is 5.10. The van der Waals surface area contributed by atoms with Gasteiger partial charge in [0.05, 0.1) is 5.69 Å². The first-order valence-corrected chi connectivity index (χ1v) is 9.55. The molecule has 2 aliphatic rings. The molecule has 1 aromatic heterocycles. The van der Waals surface area contributed by atoms with E-state index in [9.17, 15) is 24.0 Å². The number of aryl methyl sites for hydroxylation is 1. The van der Waals surface area contributed by atoms with E-state index in [1.165, 1.54) is 13.8 Å². The molecular formula is C20H25N3O6. The summed E-state index contributed by atoms with van der Waals surface area (Å²) in [7, 11) is 0. The van der Waals surface area contributed by atoms with Crippen LogP contribution >= 0.6 is 0 Å². The van der Waals surface area contributed by atoms with E-state index in [2.05, 4.69) is 10.3 Å². The fraction of sp³-hybridized carbons (Fsp3) is 0.550. The van der Waals surface area contributed by atoms with Crippen molar-refractivity contribution in [3.8, 4) is 0 Å². The van der Waals surface area contributed by atoms with Crippen LogP contribution in [0.1, 0.15) is 65.7 Å². The highest BCUT2D eigenvalue weighted by molar-refractivity contribution is 6.09. The second kappa shape index (κ2) is 7.13. The largest absolute Gasteiger partial charge is 0.453 e. The fourth-order valence-corrected chi connectivity index (χ4v) is 3.94. The summed E-state index contributed by atoms with van der Waals surface area (Å²) < 4.78 is 5.17. The first kappa shape index (κ1) is 20.8. The molecule has 9 heteroatoms. The van der Waals surface area contributed by atoms with E-state index in [0.29, 0.717) is 16.8 Å². The molecule has 0 bridgehead atoms. The molecule has 2 N–H and O–H groups in total. The third-order valence-electron chi connectivity index (χ3n) is 5.70. The van der Waals surface area contributed by atoms with E-state index in [0.717, 1.165) is 17.7 Å². The van der Waals surface area contributed by atoms with Crippen LogP contribution < -0.4 is 5.32 Å². The molecule has 1 aromatic rings. The zero-order valence-electron chi connectivity index (χ0n) is 17.2. The molecule has 1 saturated carbocycles. The van der Waals surface area contributed by atoms with Crippen LogP contribution in [-0.4, -0.2) is 57.5 Å². The van der Waals surface area contributed by atoms with Crippen LogP contribution in [0.5, 0.6) is 0 Å². The number of nitrogens with one attached hydrogen (secondary N) is 2. The van der Waals surface area contributed by atoms with Crippen LogP contribution in [0.25, 0.3) is 0 Å². The molecule has 2 fully saturated rings. The smallest absolute Gasteiger partial charge is 0.326 e. The van der Waals surface area contributed by atoms with Crippen LogP contribution in [0.2, 0.25) is 0 Å². The van der Waals surface area contributed by atoms with Crippen molar-refractivity contribution >= 4 is 29.5 Å². The van der Waals surface area contributed by atoms with Gasteiger partial charge in [-0.25, -0.2) is 4.79 Å². The van der Waals surface area contributed by atoms with Gasteiger partial charge in [-0.15, -0.1) is 0 Å². The average molecular weight is 403 g/mol. The van der Waals surface area contributed by atoms with E-state index >= 15 is 0 Å². The first-order valence-electron chi connectivity index (χ1n) is 9.55. The minimum atomic E-state index is -1.14. The molecule has 29 heavy (non-hydrogen) atoms. The van der Waals surface area contributed by atoms with Gasteiger partial charge in [-0.2, -0.15) is 0 Å². The highest BCUT2D eigenvalue weighted by atomic mass is 16.5. The maximum absolute atomic E-state index is 12.7. The van der Waals surface area contributed by atoms with E-state index in [-0.39, 0.29) is 17.4 Å². The normalized spacial score (nSPS) is 22.4. The number of rotatable bonds is 7. The molecule has 3 amide bonds. The molecule has 2 atom stereocenters. The summed E-state index contributed by atoms with van der Waals surface area (Å²) in [5.74, 6) is -1.90. The van der Waals surface area contributed by atoms with Crippen molar-refractivity contribution in [3.63, 3.8) is 0 Å². The number of carbonyl (C=O) groups is 5. The number of nitrogens with zero attached hydrogens (tertiary/aromatic N) is 1. The summed E-state index contributed by atoms with van der Waals surface area (Å²) >= 11 is 0. The standard InChI is InChI=1S/C20H25N3O6/c1-9-15(11(3)24)10(2)21-16(9)17(26)12(4)29-14(25)8-23-18(27)20(5,13-6-7-13)22-19(23)28/h12-13,21H,6-8H2,1-5H3,(H,22,28)/t12-,20-/m1/s1. The fourth-order valence-electron chi connectivity index (χ4n) is 3.94. The summed E-state index contributed by atoms with van der Waals surface area (Å²) in [5.41, 5.74) is 0.712. The molecule has 156 valence electrons. The van der Waals surface area contributed by atoms with Gasteiger partial charge in [0.15, 0.2) is 11.9 Å². The number of carbonyl (C=O) groups excluding carboxylic acids is 5. The number of esters is 1. The number of H-pyrrole nitrogens is 1. The Morgan fingerprint density at radius 3 is 2.38 bits per heavy atom. The minimum absolute atomic E-state index is 0.0787. The Hall–Kier alpha value is -2.97. The predicted molar refractivity (Wildman–Crippen MR) is 102 cm³/mol. The molecular weight excluding hydrogens is 378 g/mol. The number of ketones is 2. The van der Waals surface area contributed by atoms with Crippen LogP contribution in [-0.2, 0) is 14.3 Å². The maximum atomic E-state index is 12.7. The van der Waals surface area contributed by atoms with E-state index in [1.54, 1.807) is 20.8 Å². The van der Waals surface area contributed by atoms with Crippen molar-refractivity contribution in [1.82, 2.24) is 15.2 Å². The van der Waals surface area contributed by atoms with Gasteiger partial charge in [0.2, 0.25) is 5.78 Å². The third-order valence-corrected chi connectivity index (χ3v) is 5.70. The number of aromatic amines is 1. The van der Waals surface area contributed by atoms with Crippen molar-refractivity contribution in [3.05, 3.63) is 22.5 Å². The number of hydrogen-bond donors (Lipinski definition) is 2. The lowest BCUT2D eigenvalue weighted by Crippen LogP contribution is -2.46. The molecule has 0 unspecified atom stereocenters. The molecule has 1 aliphatic heterocycles. The van der Waals surface area contributed by atoms with Crippen molar-refractivity contribution < 1.29 is 28.7 Å². The zero-order valence-corrected chi connectivity index (χ0v) is 17.2. The zero-order chi connectivity index (χ0) is 21.7. The molecule has 0 radical (unpaired) electrons. The second-order valence-electron chi connectivity index (χ2n) is 7.98. The minimum Gasteiger partial charge on any atom is -0.453 e. The highest BCUT2D eigenvalue weighted by Crippen LogP contribution is 2.42. The molecule has 0 aromatic carbocycles. The van der Waals surface area contributed by atoms with Crippen molar-refractivity contribution in [2.24, 2.45) is 5.92 Å². The number of aromatic nitrogens is 1. The predicted octanol–water partition coefficient (Wildman–Crippen LogP) is 1.67. The molecule has 9 nitrogen and oxygen atoms in total. The van der Waals surface area contributed by atoms with Crippen LogP contribution in [0, 0.1) is 19.8 Å². The van der Waals surface area contributed by atoms with E-state index < -0.39 is 41.9 Å². The highest BCUT2D eigenvalue weighted by Gasteiger charge is 2.56. The summed E-state index contributed by atoms with van der Waals surface area (Å²) in [4.78, 5) is 65.1. The van der Waals surface area contributed by atoms with Crippen LogP contribution in [0.3, 0.4) is 0 Å². The van der Waals surface area contributed by atoms with Crippen molar-refractivity contribution in [1.29, 1.82) is 0 Å². The van der Waals surface area contributed by atoms with E-state index in [1.807, 2.05) is 0 Å². The Morgan fingerprint density at radius 1 is 1.24 bits per heavy atom. The Morgan fingerprint density at radius 2 is 1.86 bits per heavy atom. The number of ether oxygens (including phenoxy) is 1. The van der Waals surface area contributed by atoms with Gasteiger partial charge in [-0.05, 0) is 58.9 Å². The maximum Gasteiger partial charge on any atom is 0.326 e. The molecule has 0 spiro atoms. The van der Waals surface area contributed by atoms with Gasteiger partial charge in [0.1, 0.15) is 12.1 Å². The monoisotopic (exact) mass is 403 g/mol. The SMILES string of the molecule is CC(=O)c1c(C)[nH]c(C(=O)[C@@H](C)OC(=O)CN2C(=O)N[C@](C)(C3CC3)C2=O)c1C. The lowest BCUT2D eigenvalue weighted by molar-refractivity contribution is -0.150. The average Bonchev–Trinajstić information content (AvgIpc) is 3.40. The summed E-state index contributed by atoms with van der Waals surface area (Å²) in [6.07, 6.45) is 0.558. The molecule has 2 heterocycles. The summed E-state index contributed by atoms with van der Waals surface area (Å²) in [6, 6.07) is -0.637. The number of urea groups is 1. The van der Waals surface area contributed by atoms with Crippen molar-refractivity contribution in [2.75, 3.05) is 6.54 Å². The molecule has 1 aliphatic carbocycles. The third kappa shape index (κ3) is 3.56. The number of amides is 3. The quantitative estimate of drug-likeness (QED) is 0.405. The Balaban J connectivity index is 1.66. The lowest BCUT2D eigenvalue weighted by atomic mass is 9.96. The van der Waals surface area contributed by atoms with Crippen molar-refractivity contribution in [2.45, 2.75) is 59.1 Å². The Labute approximate surface area is 168 Å². The number of hydrogen-bond acceptors (Lipinski definition) is 6. The number of Topliss-reactive ketones (excluding diaryl/α,β-unsaturated/α-hetero) is 2. The van der Waals surface area contributed by atoms with Gasteiger partial charge in [0, 0.05) is 11.3 Å². The second-order valence-corrected chi connectivity index (χ2v) is 7.98. The Bertz CT molecular complexity index is 929. The van der Waals surface area contributed by atoms with Gasteiger partial charge < -0.3 is 15.0 Å². The van der Waals surface area contributed by atoms with Gasteiger partial charge in [0.25, 0.3) is 5.91 Å². The topological polar surface area (TPSA) is 126 Å². The van der Waals surface area contributed by atoms with E-state index in [4.69, 9.17) is 4.74 Å². The summed E-state index contributed by atoms with van der Waals surface area (Å²) in [5, 5.41) is 2.65. The first-order chi connectivity index (χ1) is 13.5. The summed E-state index contributed by atoms with van der Waals surface area (Å²) in [6.45, 7) is 7.24. The lowest BCUT2D eigenvalue weighted by Gasteiger charge is -2.21. The number of imide groups is 1. The van der Waals surface area contributed by atoms with Crippen LogP contribution in [0.15, 0.2) is 0 Å². The van der Waals surface area contributed by atoms with Gasteiger partial charge >= 0.3 is 12.0 Å². The van der Waals surface area contributed by atoms with Gasteiger partial charge in [-0.3, -0.25) is 24.1 Å². The molecule has 3 rings (SSSR count).